The molecular weight excluding hydrogens is 418 g/mol. The van der Waals surface area contributed by atoms with Gasteiger partial charge in [0.05, 0.1) is 5.69 Å². The zero-order valence-electron chi connectivity index (χ0n) is 15.2. The second-order valence-corrected chi connectivity index (χ2v) is 8.49. The van der Waals surface area contributed by atoms with Crippen LogP contribution in [0.25, 0.3) is 11.3 Å². The molecule has 1 fully saturated rings. The quantitative estimate of drug-likeness (QED) is 0.616. The number of hydrogen-bond donors (Lipinski definition) is 2. The van der Waals surface area contributed by atoms with Crippen molar-refractivity contribution in [2.75, 3.05) is 4.90 Å². The average Bonchev–Trinajstić information content (AvgIpc) is 3.13. The lowest BCUT2D eigenvalue weighted by molar-refractivity contribution is -0.128. The van der Waals surface area contributed by atoms with Gasteiger partial charge in [0, 0.05) is 28.8 Å². The van der Waals surface area contributed by atoms with Crippen LogP contribution < -0.4 is 4.90 Å². The number of hydrogen-bond acceptors (Lipinski definition) is 3. The standard InChI is InChI=1S/C22H20BrN3O2/c23-16-10-8-14(9-11-16)17-13-22(28)12-4-7-18(27)26(22)21-19(17)20(24-25-21)15-5-2-1-3-6-15/h1-3,5-6,8-11,17,28H,4,7,12-13H2,(H,24,25)/t17-,22+/m0/s1. The number of halogens is 1. The van der Waals surface area contributed by atoms with Gasteiger partial charge in [0.1, 0.15) is 5.72 Å². The second kappa shape index (κ2) is 6.57. The van der Waals surface area contributed by atoms with Gasteiger partial charge in [0.25, 0.3) is 0 Å². The Morgan fingerprint density at radius 3 is 2.64 bits per heavy atom. The molecule has 28 heavy (non-hydrogen) atoms. The number of carbonyl (C=O) groups is 1. The molecule has 2 atom stereocenters. The summed E-state index contributed by atoms with van der Waals surface area (Å²) >= 11 is 3.50. The number of rotatable bonds is 2. The first-order valence-electron chi connectivity index (χ1n) is 9.51. The van der Waals surface area contributed by atoms with Crippen LogP contribution in [-0.4, -0.2) is 26.9 Å². The number of nitrogens with zero attached hydrogens (tertiary/aromatic N) is 2. The second-order valence-electron chi connectivity index (χ2n) is 7.58. The molecule has 3 aromatic rings. The fraction of sp³-hybridized carbons (Fsp3) is 0.273. The fourth-order valence-corrected chi connectivity index (χ4v) is 4.83. The first kappa shape index (κ1) is 17.6. The van der Waals surface area contributed by atoms with Gasteiger partial charge in [0.15, 0.2) is 5.82 Å². The molecule has 5 rings (SSSR count). The van der Waals surface area contributed by atoms with E-state index in [0.29, 0.717) is 31.5 Å². The summed E-state index contributed by atoms with van der Waals surface area (Å²) in [6, 6.07) is 18.2. The summed E-state index contributed by atoms with van der Waals surface area (Å²) < 4.78 is 1.01. The van der Waals surface area contributed by atoms with E-state index in [4.69, 9.17) is 0 Å². The average molecular weight is 438 g/mol. The van der Waals surface area contributed by atoms with Crippen molar-refractivity contribution in [2.24, 2.45) is 0 Å². The third-order valence-electron chi connectivity index (χ3n) is 5.84. The first-order valence-corrected chi connectivity index (χ1v) is 10.3. The monoisotopic (exact) mass is 437 g/mol. The van der Waals surface area contributed by atoms with Crippen molar-refractivity contribution >= 4 is 27.7 Å². The topological polar surface area (TPSA) is 69.2 Å². The van der Waals surface area contributed by atoms with E-state index >= 15 is 0 Å². The minimum Gasteiger partial charge on any atom is -0.370 e. The fourth-order valence-electron chi connectivity index (χ4n) is 4.56. The highest BCUT2D eigenvalue weighted by atomic mass is 79.9. The van der Waals surface area contributed by atoms with Crippen LogP contribution in [0.5, 0.6) is 0 Å². The van der Waals surface area contributed by atoms with Crippen LogP contribution in [0.4, 0.5) is 5.82 Å². The van der Waals surface area contributed by atoms with Gasteiger partial charge in [-0.05, 0) is 36.1 Å². The van der Waals surface area contributed by atoms with Crippen LogP contribution in [0, 0.1) is 0 Å². The number of anilines is 1. The Hall–Kier alpha value is -2.44. The van der Waals surface area contributed by atoms with Gasteiger partial charge in [-0.3, -0.25) is 14.8 Å². The highest BCUT2D eigenvalue weighted by Crippen LogP contribution is 2.51. The lowest BCUT2D eigenvalue weighted by atomic mass is 9.76. The predicted octanol–water partition coefficient (Wildman–Crippen LogP) is 4.58. The Bertz CT molecular complexity index is 1030. The highest BCUT2D eigenvalue weighted by molar-refractivity contribution is 9.10. The van der Waals surface area contributed by atoms with Crippen LogP contribution in [0.1, 0.15) is 42.7 Å². The number of benzene rings is 2. The van der Waals surface area contributed by atoms with Crippen molar-refractivity contribution in [3.05, 3.63) is 70.2 Å². The number of piperidine rings is 1. The molecule has 5 nitrogen and oxygen atoms in total. The maximum atomic E-state index is 12.7. The summed E-state index contributed by atoms with van der Waals surface area (Å²) in [4.78, 5) is 14.3. The summed E-state index contributed by atoms with van der Waals surface area (Å²) in [6.45, 7) is 0. The number of aliphatic hydroxyl groups is 1. The molecule has 0 radical (unpaired) electrons. The lowest BCUT2D eigenvalue weighted by Crippen LogP contribution is -2.58. The van der Waals surface area contributed by atoms with E-state index in [1.54, 1.807) is 0 Å². The van der Waals surface area contributed by atoms with E-state index in [1.807, 2.05) is 42.5 Å². The third kappa shape index (κ3) is 2.71. The first-order chi connectivity index (χ1) is 13.6. The molecule has 0 spiro atoms. The van der Waals surface area contributed by atoms with Crippen LogP contribution in [-0.2, 0) is 4.79 Å². The molecule has 0 aliphatic carbocycles. The largest absolute Gasteiger partial charge is 0.370 e. The number of nitrogens with one attached hydrogen (secondary N) is 1. The van der Waals surface area contributed by atoms with Crippen molar-refractivity contribution < 1.29 is 9.90 Å². The van der Waals surface area contributed by atoms with Crippen LogP contribution >= 0.6 is 15.9 Å². The molecule has 6 heteroatoms. The molecule has 1 amide bonds. The Morgan fingerprint density at radius 2 is 1.89 bits per heavy atom. The van der Waals surface area contributed by atoms with Crippen LogP contribution in [0.3, 0.4) is 0 Å². The third-order valence-corrected chi connectivity index (χ3v) is 6.37. The van der Waals surface area contributed by atoms with Crippen molar-refractivity contribution in [3.63, 3.8) is 0 Å². The molecule has 1 saturated heterocycles. The van der Waals surface area contributed by atoms with Crippen molar-refractivity contribution in [1.82, 2.24) is 10.2 Å². The zero-order valence-corrected chi connectivity index (χ0v) is 16.8. The zero-order chi connectivity index (χ0) is 19.3. The van der Waals surface area contributed by atoms with Gasteiger partial charge >= 0.3 is 0 Å². The summed E-state index contributed by atoms with van der Waals surface area (Å²) in [5.41, 5.74) is 2.82. The molecule has 2 aliphatic heterocycles. The normalized spacial score (nSPS) is 24.0. The van der Waals surface area contributed by atoms with E-state index in [1.165, 1.54) is 4.90 Å². The summed E-state index contributed by atoms with van der Waals surface area (Å²) in [5, 5.41) is 19.1. The van der Waals surface area contributed by atoms with Crippen molar-refractivity contribution in [1.29, 1.82) is 0 Å². The Morgan fingerprint density at radius 1 is 1.14 bits per heavy atom. The molecule has 2 N–H and O–H groups in total. The number of carbonyl (C=O) groups excluding carboxylic acids is 1. The van der Waals surface area contributed by atoms with Gasteiger partial charge < -0.3 is 5.11 Å². The molecule has 142 valence electrons. The SMILES string of the molecule is O=C1CCC[C@@]2(O)C[C@@H](c3ccc(Br)cc3)c3c(n[nH]c3-c3ccccc3)N12. The van der Waals surface area contributed by atoms with E-state index in [9.17, 15) is 9.90 Å². The minimum atomic E-state index is -1.19. The Balaban J connectivity index is 1.73. The van der Waals surface area contributed by atoms with Gasteiger partial charge in [0.2, 0.25) is 5.91 Å². The van der Waals surface area contributed by atoms with E-state index in [-0.39, 0.29) is 11.8 Å². The molecule has 2 aliphatic rings. The molecule has 0 unspecified atom stereocenters. The molecule has 3 heterocycles. The molecule has 1 aromatic heterocycles. The van der Waals surface area contributed by atoms with Gasteiger partial charge in [-0.25, -0.2) is 0 Å². The summed E-state index contributed by atoms with van der Waals surface area (Å²) in [7, 11) is 0. The smallest absolute Gasteiger partial charge is 0.230 e. The predicted molar refractivity (Wildman–Crippen MR) is 111 cm³/mol. The van der Waals surface area contributed by atoms with Crippen molar-refractivity contribution in [3.8, 4) is 11.3 Å². The minimum absolute atomic E-state index is 0.0517. The van der Waals surface area contributed by atoms with Gasteiger partial charge in [-0.1, -0.05) is 58.4 Å². The number of aromatic amines is 1. The van der Waals surface area contributed by atoms with Gasteiger partial charge in [-0.2, -0.15) is 5.10 Å². The van der Waals surface area contributed by atoms with Crippen LogP contribution in [0.2, 0.25) is 0 Å². The van der Waals surface area contributed by atoms with Gasteiger partial charge in [-0.15, -0.1) is 0 Å². The number of fused-ring (bicyclic) bond motifs is 3. The lowest BCUT2D eigenvalue weighted by Gasteiger charge is -2.47. The molecule has 0 saturated carbocycles. The number of aromatic nitrogens is 2. The van der Waals surface area contributed by atoms with E-state index in [0.717, 1.165) is 26.9 Å². The van der Waals surface area contributed by atoms with E-state index < -0.39 is 5.72 Å². The molecular formula is C22H20BrN3O2. The number of H-pyrrole nitrogens is 1. The van der Waals surface area contributed by atoms with E-state index in [2.05, 4.69) is 38.3 Å². The highest BCUT2D eigenvalue weighted by Gasteiger charge is 2.50. The Kier molecular flexibility index (Phi) is 4.14. The molecule has 0 bridgehead atoms. The maximum Gasteiger partial charge on any atom is 0.230 e. The van der Waals surface area contributed by atoms with Crippen LogP contribution in [0.15, 0.2) is 59.1 Å². The van der Waals surface area contributed by atoms with Crippen molar-refractivity contribution in [2.45, 2.75) is 37.3 Å². The Labute approximate surface area is 171 Å². The number of amides is 1. The molecule has 2 aromatic carbocycles. The summed E-state index contributed by atoms with van der Waals surface area (Å²) in [5.74, 6) is 0.449. The summed E-state index contributed by atoms with van der Waals surface area (Å²) in [6.07, 6.45) is 2.17. The maximum absolute atomic E-state index is 12.7.